The topological polar surface area (TPSA) is 44.0 Å². The minimum Gasteiger partial charge on any atom is -0.349 e. The van der Waals surface area contributed by atoms with Crippen molar-refractivity contribution in [1.29, 1.82) is 0 Å². The molecule has 3 heterocycles. The van der Waals surface area contributed by atoms with Crippen LogP contribution in [0.4, 0.5) is 0 Å². The number of halogens is 1. The predicted octanol–water partition coefficient (Wildman–Crippen LogP) is 4.59. The molecule has 2 aliphatic heterocycles. The average Bonchev–Trinajstić information content (AvgIpc) is 3.30. The highest BCUT2D eigenvalue weighted by Gasteiger charge is 2.31. The van der Waals surface area contributed by atoms with Crippen LogP contribution in [0.3, 0.4) is 0 Å². The summed E-state index contributed by atoms with van der Waals surface area (Å²) in [5.41, 5.74) is 3.67. The van der Waals surface area contributed by atoms with Crippen molar-refractivity contribution >= 4 is 41.2 Å². The fraction of sp³-hybridized carbons (Fsp3) is 0.118. The van der Waals surface area contributed by atoms with Gasteiger partial charge < -0.3 is 10.2 Å². The van der Waals surface area contributed by atoms with Crippen molar-refractivity contribution in [3.05, 3.63) is 81.2 Å². The summed E-state index contributed by atoms with van der Waals surface area (Å²) in [6.45, 7) is 0. The van der Waals surface area contributed by atoms with E-state index >= 15 is 0 Å². The Balaban J connectivity index is 1.53. The number of benzene rings is 1. The maximum Gasteiger partial charge on any atom is 0.156 e. The van der Waals surface area contributed by atoms with E-state index in [0.29, 0.717) is 0 Å². The number of aromatic amines is 1. The second-order valence-corrected chi connectivity index (χ2v) is 7.71. The van der Waals surface area contributed by atoms with E-state index in [-0.39, 0.29) is 5.50 Å². The highest BCUT2D eigenvalue weighted by Crippen LogP contribution is 2.39. The molecule has 0 spiro atoms. The van der Waals surface area contributed by atoms with Gasteiger partial charge in [0, 0.05) is 23.2 Å². The van der Waals surface area contributed by atoms with Crippen LogP contribution < -0.4 is 5.32 Å². The van der Waals surface area contributed by atoms with E-state index in [9.17, 15) is 0 Å². The number of rotatable bonds is 5. The number of nitrogens with zero attached hydrogens (tertiary/aromatic N) is 2. The van der Waals surface area contributed by atoms with Crippen LogP contribution in [0.25, 0.3) is 6.08 Å². The Morgan fingerprint density at radius 3 is 2.92 bits per heavy atom. The third kappa shape index (κ3) is 3.36. The first-order chi connectivity index (χ1) is 11.8. The molecule has 0 saturated carbocycles. The Morgan fingerprint density at radius 1 is 1.25 bits per heavy atom. The van der Waals surface area contributed by atoms with Crippen LogP contribution in [0.1, 0.15) is 11.3 Å². The number of H-pyrrole nitrogens is 1. The molecule has 0 fully saturated rings. The first-order valence-electron chi connectivity index (χ1n) is 7.45. The number of thioether (sulfide) groups is 2. The van der Waals surface area contributed by atoms with Crippen LogP contribution in [-0.4, -0.2) is 20.6 Å². The zero-order chi connectivity index (χ0) is 16.4. The van der Waals surface area contributed by atoms with Crippen molar-refractivity contribution in [1.82, 2.24) is 20.4 Å². The van der Waals surface area contributed by atoms with Crippen LogP contribution in [0.5, 0.6) is 0 Å². The molecular formula is C17H15ClN4S2. The van der Waals surface area contributed by atoms with E-state index in [4.69, 9.17) is 11.6 Å². The summed E-state index contributed by atoms with van der Waals surface area (Å²) in [7, 11) is 0. The lowest BCUT2D eigenvalue weighted by atomic mass is 10.2. The maximum atomic E-state index is 5.95. The predicted molar refractivity (Wildman–Crippen MR) is 103 cm³/mol. The summed E-state index contributed by atoms with van der Waals surface area (Å²) in [5.74, 6) is 0.899. The Hall–Kier alpha value is -1.76. The third-order valence-corrected chi connectivity index (χ3v) is 5.91. The van der Waals surface area contributed by atoms with Gasteiger partial charge in [0.2, 0.25) is 0 Å². The van der Waals surface area contributed by atoms with Crippen LogP contribution >= 0.6 is 35.1 Å². The molecule has 0 unspecified atom stereocenters. The molecule has 122 valence electrons. The molecule has 1 atom stereocenters. The van der Waals surface area contributed by atoms with Crippen molar-refractivity contribution in [2.45, 2.75) is 11.3 Å². The average molecular weight is 375 g/mol. The van der Waals surface area contributed by atoms with E-state index in [0.717, 1.165) is 16.5 Å². The highest BCUT2D eigenvalue weighted by atomic mass is 35.5. The van der Waals surface area contributed by atoms with Crippen LogP contribution in [-0.2, 0) is 5.75 Å². The Labute approximate surface area is 154 Å². The molecule has 0 radical (unpaired) electrons. The number of aromatic nitrogens is 2. The Bertz CT molecular complexity index is 797. The molecule has 4 rings (SSSR count). The van der Waals surface area contributed by atoms with Crippen LogP contribution in [0, 0.1) is 0 Å². The lowest BCUT2D eigenvalue weighted by Crippen LogP contribution is -2.26. The van der Waals surface area contributed by atoms with Crippen molar-refractivity contribution in [3.8, 4) is 0 Å². The molecule has 7 heteroatoms. The molecule has 0 aliphatic carbocycles. The van der Waals surface area contributed by atoms with Gasteiger partial charge in [-0.05, 0) is 41.3 Å². The summed E-state index contributed by atoms with van der Waals surface area (Å²) in [6.07, 6.45) is 8.05. The first-order valence-corrected chi connectivity index (χ1v) is 9.76. The van der Waals surface area contributed by atoms with Gasteiger partial charge in [-0.25, -0.2) is 0 Å². The maximum absolute atomic E-state index is 5.95. The van der Waals surface area contributed by atoms with E-state index in [1.807, 2.05) is 24.3 Å². The standard InChI is InChI=1S/C17H15ClN4S2/c18-13-3-1-12(2-4-13)11-24-16-15(6-5-14-7-8-19-21-14)22-9-10-23-17(22)20-16/h1-10,17,20H,11H2,(H,19,21)/b6-5+/t17-/m0/s1. The molecule has 2 aliphatic rings. The molecule has 2 N–H and O–H groups in total. The fourth-order valence-electron chi connectivity index (χ4n) is 2.47. The van der Waals surface area contributed by atoms with E-state index in [1.54, 1.807) is 29.7 Å². The smallest absolute Gasteiger partial charge is 0.156 e. The molecule has 1 aromatic heterocycles. The fourth-order valence-corrected chi connectivity index (χ4v) is 4.55. The number of nitrogens with one attached hydrogen (secondary N) is 2. The van der Waals surface area contributed by atoms with Crippen LogP contribution in [0.2, 0.25) is 5.02 Å². The molecular weight excluding hydrogens is 360 g/mol. The lowest BCUT2D eigenvalue weighted by Gasteiger charge is -2.16. The minimum absolute atomic E-state index is 0.249. The lowest BCUT2D eigenvalue weighted by molar-refractivity contribution is 0.472. The zero-order valence-electron chi connectivity index (χ0n) is 12.6. The number of hydrogen-bond donors (Lipinski definition) is 2. The van der Waals surface area contributed by atoms with Crippen molar-refractivity contribution < 1.29 is 0 Å². The molecule has 1 aromatic carbocycles. The van der Waals surface area contributed by atoms with Gasteiger partial charge in [0.25, 0.3) is 0 Å². The van der Waals surface area contributed by atoms with E-state index < -0.39 is 0 Å². The SMILES string of the molecule is Clc1ccc(CSC2=C(/C=C/c3ccn[nH]3)N3C=CS[C@H]3N2)cc1. The van der Waals surface area contributed by atoms with Gasteiger partial charge >= 0.3 is 0 Å². The largest absolute Gasteiger partial charge is 0.349 e. The van der Waals surface area contributed by atoms with E-state index in [2.05, 4.69) is 50.2 Å². The molecule has 24 heavy (non-hydrogen) atoms. The zero-order valence-corrected chi connectivity index (χ0v) is 15.0. The number of allylic oxidation sites excluding steroid dienone is 1. The number of hydrogen-bond acceptors (Lipinski definition) is 5. The van der Waals surface area contributed by atoms with Gasteiger partial charge in [-0.3, -0.25) is 5.10 Å². The van der Waals surface area contributed by atoms with Gasteiger partial charge in [-0.2, -0.15) is 5.10 Å². The van der Waals surface area contributed by atoms with Gasteiger partial charge in [0.1, 0.15) is 0 Å². The molecule has 2 aromatic rings. The Morgan fingerprint density at radius 2 is 2.12 bits per heavy atom. The van der Waals surface area contributed by atoms with E-state index in [1.165, 1.54) is 16.3 Å². The quantitative estimate of drug-likeness (QED) is 0.801. The van der Waals surface area contributed by atoms with Crippen molar-refractivity contribution in [3.63, 3.8) is 0 Å². The molecule has 0 bridgehead atoms. The second-order valence-electron chi connectivity index (χ2n) is 5.30. The number of fused-ring (bicyclic) bond motifs is 1. The van der Waals surface area contributed by atoms with Gasteiger partial charge in [0.05, 0.1) is 16.4 Å². The summed E-state index contributed by atoms with van der Waals surface area (Å²) in [6, 6.07) is 9.96. The summed E-state index contributed by atoms with van der Waals surface area (Å²) in [4.78, 5) is 2.25. The normalized spacial score (nSPS) is 19.4. The van der Waals surface area contributed by atoms with Crippen LogP contribution in [0.15, 0.2) is 64.9 Å². The second kappa shape index (κ2) is 7.01. The molecule has 0 amide bonds. The van der Waals surface area contributed by atoms with Crippen molar-refractivity contribution in [2.75, 3.05) is 0 Å². The molecule has 4 nitrogen and oxygen atoms in total. The highest BCUT2D eigenvalue weighted by molar-refractivity contribution is 8.03. The van der Waals surface area contributed by atoms with Gasteiger partial charge in [-0.15, -0.1) is 11.8 Å². The Kier molecular flexibility index (Phi) is 4.60. The molecule has 0 saturated heterocycles. The minimum atomic E-state index is 0.249. The van der Waals surface area contributed by atoms with Crippen molar-refractivity contribution in [2.24, 2.45) is 0 Å². The monoisotopic (exact) mass is 374 g/mol. The summed E-state index contributed by atoms with van der Waals surface area (Å²) in [5, 5.41) is 14.6. The van der Waals surface area contributed by atoms with Gasteiger partial charge in [0.15, 0.2) is 5.50 Å². The first kappa shape index (κ1) is 15.7. The summed E-state index contributed by atoms with van der Waals surface area (Å²) >= 11 is 9.53. The van der Waals surface area contributed by atoms with Gasteiger partial charge in [-0.1, -0.05) is 35.5 Å². The third-order valence-electron chi connectivity index (χ3n) is 3.69. The summed E-state index contributed by atoms with van der Waals surface area (Å²) < 4.78 is 0.